The van der Waals surface area contributed by atoms with Gasteiger partial charge in [-0.25, -0.2) is 9.80 Å². The zero-order valence-corrected chi connectivity index (χ0v) is 14.7. The van der Waals surface area contributed by atoms with E-state index >= 15 is 0 Å². The predicted molar refractivity (Wildman–Crippen MR) is 94.9 cm³/mol. The lowest BCUT2D eigenvalue weighted by molar-refractivity contribution is 0.565. The van der Waals surface area contributed by atoms with E-state index in [0.29, 0.717) is 30.2 Å². The topological polar surface area (TPSA) is 77.4 Å². The van der Waals surface area contributed by atoms with Crippen molar-refractivity contribution < 1.29 is 0 Å². The molecular formula is C16H24N6O2. The number of rotatable bonds is 5. The number of nitrogens with zero attached hydrogens (tertiary/aromatic N) is 6. The van der Waals surface area contributed by atoms with Crippen LogP contribution in [0.2, 0.25) is 0 Å². The zero-order chi connectivity index (χ0) is 17.4. The monoisotopic (exact) mass is 332 g/mol. The molecule has 0 aromatic carbocycles. The van der Waals surface area contributed by atoms with Crippen LogP contribution in [0, 0.1) is 0 Å². The summed E-state index contributed by atoms with van der Waals surface area (Å²) < 4.78 is 4.68. The summed E-state index contributed by atoms with van der Waals surface area (Å²) in [5.74, 6) is 0.637. The minimum Gasteiger partial charge on any atom is -0.297 e. The maximum absolute atomic E-state index is 12.9. The lowest BCUT2D eigenvalue weighted by Crippen LogP contribution is -2.40. The quantitative estimate of drug-likeness (QED) is 0.827. The molecule has 1 aliphatic rings. The number of anilines is 1. The van der Waals surface area contributed by atoms with Crippen LogP contribution in [-0.4, -0.2) is 30.9 Å². The average Bonchev–Trinajstić information content (AvgIpc) is 2.93. The SMILES string of the molecule is CCCCn1c(=O)c2c(nc3n2CC(C)=NN3CCC)n(C)c1=O. The summed E-state index contributed by atoms with van der Waals surface area (Å²) in [6, 6.07) is 0. The molecule has 0 N–H and O–H groups in total. The summed E-state index contributed by atoms with van der Waals surface area (Å²) in [7, 11) is 1.67. The van der Waals surface area contributed by atoms with Crippen molar-refractivity contribution in [2.75, 3.05) is 11.6 Å². The second-order valence-corrected chi connectivity index (χ2v) is 6.28. The van der Waals surface area contributed by atoms with Crippen molar-refractivity contribution in [3.63, 3.8) is 0 Å². The molecule has 0 atom stereocenters. The lowest BCUT2D eigenvalue weighted by atomic mass is 10.3. The Bertz CT molecular complexity index is 917. The predicted octanol–water partition coefficient (Wildman–Crippen LogP) is 1.30. The minimum atomic E-state index is -0.309. The minimum absolute atomic E-state index is 0.258. The Morgan fingerprint density at radius 1 is 1.12 bits per heavy atom. The summed E-state index contributed by atoms with van der Waals surface area (Å²) in [6.07, 6.45) is 2.64. The molecule has 2 aromatic rings. The van der Waals surface area contributed by atoms with Crippen molar-refractivity contribution in [2.45, 2.75) is 53.1 Å². The summed E-state index contributed by atoms with van der Waals surface area (Å²) in [5, 5.41) is 6.35. The van der Waals surface area contributed by atoms with Crippen molar-refractivity contribution in [2.24, 2.45) is 12.1 Å². The molecular weight excluding hydrogens is 308 g/mol. The van der Waals surface area contributed by atoms with Crippen LogP contribution in [0.25, 0.3) is 11.2 Å². The summed E-state index contributed by atoms with van der Waals surface area (Å²) in [5.41, 5.74) is 1.27. The first-order chi connectivity index (χ1) is 11.5. The number of hydrogen-bond donors (Lipinski definition) is 0. The fourth-order valence-electron chi connectivity index (χ4n) is 3.09. The number of unbranched alkanes of at least 4 members (excludes halogenated alkanes) is 1. The van der Waals surface area contributed by atoms with E-state index in [4.69, 9.17) is 0 Å². The Labute approximate surface area is 140 Å². The van der Waals surface area contributed by atoms with Gasteiger partial charge in [0.2, 0.25) is 5.95 Å². The molecule has 0 saturated carbocycles. The molecule has 0 amide bonds. The zero-order valence-electron chi connectivity index (χ0n) is 14.7. The first kappa shape index (κ1) is 16.5. The third-order valence-electron chi connectivity index (χ3n) is 4.29. The van der Waals surface area contributed by atoms with Gasteiger partial charge in [0.05, 0.1) is 12.3 Å². The van der Waals surface area contributed by atoms with E-state index in [1.165, 1.54) is 9.13 Å². The Kier molecular flexibility index (Phi) is 4.29. The van der Waals surface area contributed by atoms with Crippen LogP contribution in [0.3, 0.4) is 0 Å². The van der Waals surface area contributed by atoms with Crippen LogP contribution < -0.4 is 16.3 Å². The molecule has 130 valence electrons. The molecule has 8 nitrogen and oxygen atoms in total. The fourth-order valence-corrected chi connectivity index (χ4v) is 3.09. The van der Waals surface area contributed by atoms with Gasteiger partial charge in [-0.2, -0.15) is 10.1 Å². The van der Waals surface area contributed by atoms with Gasteiger partial charge >= 0.3 is 5.69 Å². The molecule has 0 radical (unpaired) electrons. The van der Waals surface area contributed by atoms with E-state index < -0.39 is 0 Å². The normalized spacial score (nSPS) is 14.2. The number of aromatic nitrogens is 4. The van der Waals surface area contributed by atoms with Crippen molar-refractivity contribution in [1.29, 1.82) is 0 Å². The van der Waals surface area contributed by atoms with Gasteiger partial charge in [0.15, 0.2) is 11.2 Å². The maximum Gasteiger partial charge on any atom is 0.332 e. The van der Waals surface area contributed by atoms with E-state index in [9.17, 15) is 9.59 Å². The lowest BCUT2D eigenvalue weighted by Gasteiger charge is -2.24. The molecule has 0 fully saturated rings. The molecule has 3 rings (SSSR count). The highest BCUT2D eigenvalue weighted by molar-refractivity contribution is 5.87. The molecule has 0 spiro atoms. The second kappa shape index (κ2) is 6.26. The maximum atomic E-state index is 12.9. The van der Waals surface area contributed by atoms with Gasteiger partial charge < -0.3 is 0 Å². The fraction of sp³-hybridized carbons (Fsp3) is 0.625. The smallest absolute Gasteiger partial charge is 0.297 e. The number of aryl methyl sites for hydroxylation is 1. The van der Waals surface area contributed by atoms with Gasteiger partial charge in [-0.3, -0.25) is 18.5 Å². The van der Waals surface area contributed by atoms with Gasteiger partial charge in [0, 0.05) is 20.1 Å². The van der Waals surface area contributed by atoms with E-state index in [1.807, 2.05) is 23.4 Å². The molecule has 1 aliphatic heterocycles. The molecule has 0 unspecified atom stereocenters. The Balaban J connectivity index is 2.29. The molecule has 3 heterocycles. The van der Waals surface area contributed by atoms with Crippen molar-refractivity contribution in [1.82, 2.24) is 18.7 Å². The van der Waals surface area contributed by atoms with Crippen LogP contribution >= 0.6 is 0 Å². The highest BCUT2D eigenvalue weighted by atomic mass is 16.2. The summed E-state index contributed by atoms with van der Waals surface area (Å²) in [4.78, 5) is 30.0. The number of imidazole rings is 1. The van der Waals surface area contributed by atoms with Crippen molar-refractivity contribution >= 4 is 22.8 Å². The van der Waals surface area contributed by atoms with Gasteiger partial charge in [0.25, 0.3) is 5.56 Å². The van der Waals surface area contributed by atoms with Crippen LogP contribution in [0.5, 0.6) is 0 Å². The number of fused-ring (bicyclic) bond motifs is 3. The van der Waals surface area contributed by atoms with E-state index in [-0.39, 0.29) is 11.2 Å². The first-order valence-corrected chi connectivity index (χ1v) is 8.51. The summed E-state index contributed by atoms with van der Waals surface area (Å²) in [6.45, 7) is 7.72. The molecule has 24 heavy (non-hydrogen) atoms. The van der Waals surface area contributed by atoms with Crippen LogP contribution in [0.15, 0.2) is 14.7 Å². The van der Waals surface area contributed by atoms with Crippen LogP contribution in [0.4, 0.5) is 5.95 Å². The third kappa shape index (κ3) is 2.46. The van der Waals surface area contributed by atoms with Gasteiger partial charge in [0.1, 0.15) is 0 Å². The molecule has 8 heteroatoms. The standard InChI is InChI=1S/C16H24N6O2/c1-5-7-9-20-14(23)12-13(19(4)16(20)24)17-15-21(12)10-11(3)18-22(15)8-6-2/h5-10H2,1-4H3. The van der Waals surface area contributed by atoms with E-state index in [1.54, 1.807) is 7.05 Å². The third-order valence-corrected chi connectivity index (χ3v) is 4.29. The van der Waals surface area contributed by atoms with Crippen molar-refractivity contribution in [3.8, 4) is 0 Å². The molecule has 0 aliphatic carbocycles. The number of hydrazone groups is 1. The first-order valence-electron chi connectivity index (χ1n) is 8.51. The molecule has 0 saturated heterocycles. The number of hydrogen-bond acceptors (Lipinski definition) is 5. The average molecular weight is 332 g/mol. The van der Waals surface area contributed by atoms with Crippen LogP contribution in [-0.2, 0) is 20.1 Å². The van der Waals surface area contributed by atoms with Gasteiger partial charge in [-0.15, -0.1) is 0 Å². The van der Waals surface area contributed by atoms with E-state index in [0.717, 1.165) is 31.5 Å². The summed E-state index contributed by atoms with van der Waals surface area (Å²) >= 11 is 0. The Hall–Kier alpha value is -2.38. The Morgan fingerprint density at radius 3 is 2.54 bits per heavy atom. The molecule has 2 aromatic heterocycles. The van der Waals surface area contributed by atoms with Crippen molar-refractivity contribution in [3.05, 3.63) is 20.8 Å². The van der Waals surface area contributed by atoms with Gasteiger partial charge in [-0.05, 0) is 19.8 Å². The highest BCUT2D eigenvalue weighted by Crippen LogP contribution is 2.23. The second-order valence-electron chi connectivity index (χ2n) is 6.28. The van der Waals surface area contributed by atoms with Gasteiger partial charge in [-0.1, -0.05) is 20.3 Å². The largest absolute Gasteiger partial charge is 0.332 e. The highest BCUT2D eigenvalue weighted by Gasteiger charge is 2.26. The molecule has 0 bridgehead atoms. The Morgan fingerprint density at radius 2 is 1.88 bits per heavy atom. The van der Waals surface area contributed by atoms with E-state index in [2.05, 4.69) is 17.0 Å². The van der Waals surface area contributed by atoms with Crippen LogP contribution in [0.1, 0.15) is 40.0 Å².